The van der Waals surface area contributed by atoms with Crippen LogP contribution in [0.25, 0.3) is 21.9 Å². The summed E-state index contributed by atoms with van der Waals surface area (Å²) >= 11 is 0. The second kappa shape index (κ2) is 4.48. The molecule has 6 heteroatoms. The molecule has 6 nitrogen and oxygen atoms in total. The Balaban J connectivity index is 2.26. The molecule has 0 aliphatic carbocycles. The van der Waals surface area contributed by atoms with Crippen LogP contribution < -0.4 is 5.73 Å². The fourth-order valence-electron chi connectivity index (χ4n) is 2.32. The highest BCUT2D eigenvalue weighted by Crippen LogP contribution is 2.27. The molecule has 2 heterocycles. The molecule has 0 saturated carbocycles. The highest BCUT2D eigenvalue weighted by molar-refractivity contribution is 6.06. The van der Waals surface area contributed by atoms with Crippen LogP contribution in [0.1, 0.15) is 6.92 Å². The van der Waals surface area contributed by atoms with E-state index in [9.17, 15) is 4.79 Å². The molecule has 0 amide bonds. The average molecular weight is 270 g/mol. The fourth-order valence-corrected chi connectivity index (χ4v) is 2.32. The van der Waals surface area contributed by atoms with Crippen LogP contribution in [0.3, 0.4) is 0 Å². The lowest BCUT2D eigenvalue weighted by atomic mass is 10.1. The Morgan fingerprint density at radius 2 is 2.20 bits per heavy atom. The SMILES string of the molecule is CC(Cn1cnc2c(N)nc3ccccc3c21)C(=O)O. The number of nitrogen functional groups attached to an aromatic ring is 1. The second-order valence-corrected chi connectivity index (χ2v) is 4.85. The number of aromatic nitrogens is 3. The number of aliphatic carboxylic acids is 1. The number of benzene rings is 1. The largest absolute Gasteiger partial charge is 0.481 e. The van der Waals surface area contributed by atoms with Gasteiger partial charge in [-0.05, 0) is 6.07 Å². The topological polar surface area (TPSA) is 94.0 Å². The van der Waals surface area contributed by atoms with Gasteiger partial charge in [0, 0.05) is 11.9 Å². The van der Waals surface area contributed by atoms with Crippen molar-refractivity contribution in [3.63, 3.8) is 0 Å². The summed E-state index contributed by atoms with van der Waals surface area (Å²) < 4.78 is 1.83. The number of rotatable bonds is 3. The Morgan fingerprint density at radius 3 is 2.95 bits per heavy atom. The van der Waals surface area contributed by atoms with Crippen molar-refractivity contribution in [1.82, 2.24) is 14.5 Å². The predicted octanol–water partition coefficient (Wildman–Crippen LogP) is 1.89. The van der Waals surface area contributed by atoms with Crippen LogP contribution in [0.5, 0.6) is 0 Å². The monoisotopic (exact) mass is 270 g/mol. The van der Waals surface area contributed by atoms with E-state index in [1.165, 1.54) is 0 Å². The van der Waals surface area contributed by atoms with Gasteiger partial charge in [0.05, 0.1) is 23.3 Å². The first kappa shape index (κ1) is 12.4. The molecule has 3 aromatic rings. The van der Waals surface area contributed by atoms with Gasteiger partial charge in [-0.2, -0.15) is 0 Å². The minimum atomic E-state index is -0.835. The van der Waals surface area contributed by atoms with Crippen molar-refractivity contribution in [3.8, 4) is 0 Å². The standard InChI is InChI=1S/C14H14N4O2/c1-8(14(19)20)6-18-7-16-11-12(18)9-4-2-3-5-10(9)17-13(11)15/h2-5,7-8H,6H2,1H3,(H2,15,17)(H,19,20). The first-order chi connectivity index (χ1) is 9.58. The average Bonchev–Trinajstić information content (AvgIpc) is 2.83. The molecule has 0 bridgehead atoms. The van der Waals surface area contributed by atoms with E-state index in [1.54, 1.807) is 13.3 Å². The highest BCUT2D eigenvalue weighted by Gasteiger charge is 2.16. The molecule has 1 unspecified atom stereocenters. The van der Waals surface area contributed by atoms with E-state index < -0.39 is 11.9 Å². The predicted molar refractivity (Wildman–Crippen MR) is 76.2 cm³/mol. The highest BCUT2D eigenvalue weighted by atomic mass is 16.4. The Labute approximate surface area is 114 Å². The van der Waals surface area contributed by atoms with Crippen LogP contribution in [-0.2, 0) is 11.3 Å². The molecule has 0 aliphatic heterocycles. The lowest BCUT2D eigenvalue weighted by molar-refractivity contribution is -0.141. The Kier molecular flexibility index (Phi) is 2.78. The molecule has 2 aromatic heterocycles. The van der Waals surface area contributed by atoms with Crippen molar-refractivity contribution in [1.29, 1.82) is 0 Å². The zero-order chi connectivity index (χ0) is 14.3. The van der Waals surface area contributed by atoms with E-state index in [0.29, 0.717) is 17.9 Å². The Hall–Kier alpha value is -2.63. The number of imidazole rings is 1. The minimum Gasteiger partial charge on any atom is -0.481 e. The maximum atomic E-state index is 11.0. The smallest absolute Gasteiger partial charge is 0.308 e. The van der Waals surface area contributed by atoms with Crippen LogP contribution in [0.4, 0.5) is 5.82 Å². The summed E-state index contributed by atoms with van der Waals surface area (Å²) in [6.45, 7) is 2.01. The molecule has 0 aliphatic rings. The third-order valence-electron chi connectivity index (χ3n) is 3.37. The zero-order valence-electron chi connectivity index (χ0n) is 10.9. The lowest BCUT2D eigenvalue weighted by Crippen LogP contribution is -2.16. The molecule has 0 spiro atoms. The van der Waals surface area contributed by atoms with Crippen molar-refractivity contribution >= 4 is 33.7 Å². The second-order valence-electron chi connectivity index (χ2n) is 4.85. The van der Waals surface area contributed by atoms with Crippen molar-refractivity contribution in [2.45, 2.75) is 13.5 Å². The summed E-state index contributed by atoms with van der Waals surface area (Å²) in [5.41, 5.74) is 8.15. The van der Waals surface area contributed by atoms with E-state index in [1.807, 2.05) is 28.8 Å². The van der Waals surface area contributed by atoms with E-state index >= 15 is 0 Å². The van der Waals surface area contributed by atoms with Gasteiger partial charge in [0.15, 0.2) is 5.82 Å². The number of carboxylic acid groups (broad SMARTS) is 1. The first-order valence-electron chi connectivity index (χ1n) is 6.30. The number of hydrogen-bond acceptors (Lipinski definition) is 4. The number of carboxylic acids is 1. The molecule has 0 fully saturated rings. The Morgan fingerprint density at radius 1 is 1.45 bits per heavy atom. The number of pyridine rings is 1. The van der Waals surface area contributed by atoms with Gasteiger partial charge in [0.2, 0.25) is 0 Å². The number of hydrogen-bond donors (Lipinski definition) is 2. The summed E-state index contributed by atoms with van der Waals surface area (Å²) in [7, 11) is 0. The summed E-state index contributed by atoms with van der Waals surface area (Å²) in [6, 6.07) is 7.62. The van der Waals surface area contributed by atoms with Crippen molar-refractivity contribution < 1.29 is 9.90 Å². The van der Waals surface area contributed by atoms with Gasteiger partial charge >= 0.3 is 5.97 Å². The van der Waals surface area contributed by atoms with Gasteiger partial charge in [-0.15, -0.1) is 0 Å². The van der Waals surface area contributed by atoms with Crippen molar-refractivity contribution in [3.05, 3.63) is 30.6 Å². The van der Waals surface area contributed by atoms with Crippen LogP contribution in [-0.4, -0.2) is 25.6 Å². The number of para-hydroxylation sites is 1. The maximum Gasteiger partial charge on any atom is 0.308 e. The first-order valence-corrected chi connectivity index (χ1v) is 6.30. The summed E-state index contributed by atoms with van der Waals surface area (Å²) in [5, 5.41) is 9.97. The van der Waals surface area contributed by atoms with Crippen LogP contribution in [0, 0.1) is 5.92 Å². The number of nitrogens with zero attached hydrogens (tertiary/aromatic N) is 3. The molecule has 0 saturated heterocycles. The summed E-state index contributed by atoms with van der Waals surface area (Å²) in [4.78, 5) is 19.6. The molecule has 102 valence electrons. The van der Waals surface area contributed by atoms with Crippen molar-refractivity contribution in [2.75, 3.05) is 5.73 Å². The van der Waals surface area contributed by atoms with E-state index in [-0.39, 0.29) is 0 Å². The van der Waals surface area contributed by atoms with Gasteiger partial charge in [0.1, 0.15) is 5.52 Å². The molecular formula is C14H14N4O2. The summed E-state index contributed by atoms with van der Waals surface area (Å²) in [6.07, 6.45) is 1.62. The van der Waals surface area contributed by atoms with E-state index in [4.69, 9.17) is 10.8 Å². The van der Waals surface area contributed by atoms with E-state index in [2.05, 4.69) is 9.97 Å². The van der Waals surface area contributed by atoms with Crippen LogP contribution in [0.2, 0.25) is 0 Å². The zero-order valence-corrected chi connectivity index (χ0v) is 10.9. The normalized spacial score (nSPS) is 12.8. The van der Waals surface area contributed by atoms with Gasteiger partial charge < -0.3 is 15.4 Å². The fraction of sp³-hybridized carbons (Fsp3) is 0.214. The number of nitrogens with two attached hydrogens (primary N) is 1. The molecule has 3 rings (SSSR count). The molecule has 1 aromatic carbocycles. The van der Waals surface area contributed by atoms with Crippen LogP contribution >= 0.6 is 0 Å². The Bertz CT molecular complexity index is 809. The van der Waals surface area contributed by atoms with E-state index in [0.717, 1.165) is 16.4 Å². The molecule has 20 heavy (non-hydrogen) atoms. The number of fused-ring (bicyclic) bond motifs is 3. The van der Waals surface area contributed by atoms with Crippen LogP contribution in [0.15, 0.2) is 30.6 Å². The number of carbonyl (C=O) groups is 1. The molecular weight excluding hydrogens is 256 g/mol. The number of anilines is 1. The molecule has 1 atom stereocenters. The van der Waals surface area contributed by atoms with Crippen molar-refractivity contribution in [2.24, 2.45) is 5.92 Å². The minimum absolute atomic E-state index is 0.347. The molecule has 0 radical (unpaired) electrons. The maximum absolute atomic E-state index is 11.0. The van der Waals surface area contributed by atoms with Gasteiger partial charge in [-0.3, -0.25) is 4.79 Å². The molecule has 3 N–H and O–H groups in total. The third-order valence-corrected chi connectivity index (χ3v) is 3.37. The lowest BCUT2D eigenvalue weighted by Gasteiger charge is -2.10. The van der Waals surface area contributed by atoms with Gasteiger partial charge in [0.25, 0.3) is 0 Å². The van der Waals surface area contributed by atoms with Gasteiger partial charge in [-0.1, -0.05) is 25.1 Å². The third kappa shape index (κ3) is 1.85. The summed E-state index contributed by atoms with van der Waals surface area (Å²) in [5.74, 6) is -0.973. The quantitative estimate of drug-likeness (QED) is 0.758. The van der Waals surface area contributed by atoms with Gasteiger partial charge in [-0.25, -0.2) is 9.97 Å².